The molecule has 0 saturated carbocycles. The molecule has 1 aliphatic rings. The summed E-state index contributed by atoms with van der Waals surface area (Å²) in [6, 6.07) is 3.16. The average molecular weight is 648 g/mol. The Kier molecular flexibility index (Phi) is 11.2. The number of nitro groups is 2. The maximum Gasteiger partial charge on any atom is 0.270 e. The van der Waals surface area contributed by atoms with Crippen LogP contribution in [0, 0.1) is 38.0 Å². The third-order valence-electron chi connectivity index (χ3n) is 7.32. The lowest BCUT2D eigenvalue weighted by atomic mass is 9.93. The SMILES string of the molecule is CCOP(=O)(CC(CC(C)C)C(=O)N[C@@H](CC(C)C)C(=O)NC)CN1C(=O)c2cc([N+](=O)[O-])cc3cc([N+](=O)[O-])cc(c23)C1=O. The minimum atomic E-state index is -4.03. The second-order valence-corrected chi connectivity index (χ2v) is 14.4. The molecule has 1 aliphatic heterocycles. The van der Waals surface area contributed by atoms with Gasteiger partial charge in [0.25, 0.3) is 23.2 Å². The highest BCUT2D eigenvalue weighted by atomic mass is 31.2. The molecule has 0 fully saturated rings. The number of nitrogens with one attached hydrogen (secondary N) is 2. The second kappa shape index (κ2) is 14.2. The molecule has 244 valence electrons. The van der Waals surface area contributed by atoms with Crippen LogP contribution < -0.4 is 10.6 Å². The Morgan fingerprint density at radius 3 is 1.84 bits per heavy atom. The molecule has 0 spiro atoms. The Morgan fingerprint density at radius 1 is 0.911 bits per heavy atom. The van der Waals surface area contributed by atoms with Gasteiger partial charge in [-0.05, 0) is 37.0 Å². The van der Waals surface area contributed by atoms with Crippen molar-refractivity contribution in [2.75, 3.05) is 26.1 Å². The number of carbonyl (C=O) groups is 4. The number of non-ortho nitro benzene ring substituents is 2. The van der Waals surface area contributed by atoms with E-state index < -0.39 is 70.5 Å². The number of nitro benzene ring substituents is 2. The van der Waals surface area contributed by atoms with Gasteiger partial charge in [-0.15, -0.1) is 0 Å². The van der Waals surface area contributed by atoms with Gasteiger partial charge in [0.2, 0.25) is 19.2 Å². The molecule has 0 radical (unpaired) electrons. The molecule has 3 atom stereocenters. The Morgan fingerprint density at radius 2 is 1.42 bits per heavy atom. The summed E-state index contributed by atoms with van der Waals surface area (Å²) in [5.41, 5.74) is -1.57. The molecule has 4 amide bonds. The Hall–Kier alpha value is -4.23. The van der Waals surface area contributed by atoms with Gasteiger partial charge in [-0.3, -0.25) is 48.9 Å². The summed E-state index contributed by atoms with van der Waals surface area (Å²) in [5.74, 6) is -3.84. The molecule has 2 N–H and O–H groups in total. The third-order valence-corrected chi connectivity index (χ3v) is 9.76. The van der Waals surface area contributed by atoms with Crippen LogP contribution in [0.3, 0.4) is 0 Å². The molecular formula is C29H38N5O10P. The normalized spacial score (nSPS) is 15.6. The fourth-order valence-electron chi connectivity index (χ4n) is 5.48. The van der Waals surface area contributed by atoms with Gasteiger partial charge in [0, 0.05) is 48.8 Å². The lowest BCUT2D eigenvalue weighted by molar-refractivity contribution is -0.385. The number of amides is 4. The van der Waals surface area contributed by atoms with Crippen molar-refractivity contribution in [3.8, 4) is 0 Å². The van der Waals surface area contributed by atoms with Crippen molar-refractivity contribution >= 4 is 53.1 Å². The summed E-state index contributed by atoms with van der Waals surface area (Å²) in [6.07, 6.45) is -0.565. The zero-order valence-electron chi connectivity index (χ0n) is 26.0. The molecule has 0 aromatic heterocycles. The number of likely N-dealkylation sites (N-methyl/N-ethyl adjacent to an activating group) is 1. The van der Waals surface area contributed by atoms with Gasteiger partial charge in [-0.1, -0.05) is 27.7 Å². The van der Waals surface area contributed by atoms with Crippen LogP contribution in [-0.4, -0.2) is 70.5 Å². The fraction of sp³-hybridized carbons (Fsp3) is 0.517. The molecule has 2 aromatic rings. The molecule has 2 unspecified atom stereocenters. The summed E-state index contributed by atoms with van der Waals surface area (Å²) in [5, 5.41) is 28.5. The van der Waals surface area contributed by atoms with Gasteiger partial charge in [0.15, 0.2) is 0 Å². The highest BCUT2D eigenvalue weighted by Crippen LogP contribution is 2.51. The summed E-state index contributed by atoms with van der Waals surface area (Å²) in [4.78, 5) is 75.7. The van der Waals surface area contributed by atoms with Crippen LogP contribution in [-0.2, 0) is 18.7 Å². The molecule has 2 aromatic carbocycles. The first-order valence-electron chi connectivity index (χ1n) is 14.5. The van der Waals surface area contributed by atoms with E-state index in [1.165, 1.54) is 7.05 Å². The molecule has 45 heavy (non-hydrogen) atoms. The highest BCUT2D eigenvalue weighted by Gasteiger charge is 2.42. The standard InChI is InChI=1S/C29H38N5O10P/c1-7-44-45(43,14-19(8-16(2)3)26(35)31-24(9-17(4)5)27(36)30-6)15-32-28(37)22-12-20(33(39)40)10-18-11-21(34(41)42)13-23(25(18)22)29(32)38/h10-13,16-17,19,24H,7-9,14-15H2,1-6H3,(H,30,36)(H,31,35)/t19?,24-,45?/m0/s1. The minimum Gasteiger partial charge on any atom is -0.357 e. The first-order chi connectivity index (χ1) is 21.0. The van der Waals surface area contributed by atoms with E-state index in [2.05, 4.69) is 10.6 Å². The van der Waals surface area contributed by atoms with E-state index in [4.69, 9.17) is 4.52 Å². The van der Waals surface area contributed by atoms with E-state index in [1.807, 2.05) is 27.7 Å². The fourth-order valence-corrected chi connectivity index (χ4v) is 7.93. The van der Waals surface area contributed by atoms with Crippen molar-refractivity contribution in [3.05, 3.63) is 55.6 Å². The molecule has 0 bridgehead atoms. The predicted molar refractivity (Wildman–Crippen MR) is 165 cm³/mol. The first-order valence-corrected chi connectivity index (χ1v) is 16.5. The summed E-state index contributed by atoms with van der Waals surface area (Å²) in [7, 11) is -2.58. The van der Waals surface area contributed by atoms with E-state index >= 15 is 0 Å². The van der Waals surface area contributed by atoms with Crippen LogP contribution in [0.1, 0.15) is 68.2 Å². The van der Waals surface area contributed by atoms with Crippen LogP contribution >= 0.6 is 7.37 Å². The van der Waals surface area contributed by atoms with E-state index in [1.54, 1.807) is 6.92 Å². The molecule has 15 nitrogen and oxygen atoms in total. The van der Waals surface area contributed by atoms with Crippen molar-refractivity contribution in [1.82, 2.24) is 15.5 Å². The average Bonchev–Trinajstić information content (AvgIpc) is 2.95. The number of nitrogens with zero attached hydrogens (tertiary/aromatic N) is 3. The smallest absolute Gasteiger partial charge is 0.270 e. The lowest BCUT2D eigenvalue weighted by Gasteiger charge is -2.32. The van der Waals surface area contributed by atoms with Gasteiger partial charge >= 0.3 is 0 Å². The number of rotatable bonds is 15. The summed E-state index contributed by atoms with van der Waals surface area (Å²) < 4.78 is 20.0. The van der Waals surface area contributed by atoms with Crippen molar-refractivity contribution in [1.29, 1.82) is 0 Å². The maximum atomic E-state index is 14.4. The molecule has 3 rings (SSSR count). The number of benzene rings is 2. The molecule has 0 saturated heterocycles. The van der Waals surface area contributed by atoms with Crippen LogP contribution in [0.25, 0.3) is 10.8 Å². The quantitative estimate of drug-likeness (QED) is 0.120. The van der Waals surface area contributed by atoms with Crippen LogP contribution in [0.4, 0.5) is 11.4 Å². The topological polar surface area (TPSA) is 208 Å². The summed E-state index contributed by atoms with van der Waals surface area (Å²) in [6.45, 7) is 8.95. The lowest BCUT2D eigenvalue weighted by Crippen LogP contribution is -2.49. The maximum absolute atomic E-state index is 14.4. The van der Waals surface area contributed by atoms with Crippen molar-refractivity contribution in [2.24, 2.45) is 17.8 Å². The van der Waals surface area contributed by atoms with Crippen molar-refractivity contribution < 1.29 is 38.1 Å². The van der Waals surface area contributed by atoms with Crippen molar-refractivity contribution in [3.63, 3.8) is 0 Å². The number of hydrogen-bond acceptors (Lipinski definition) is 10. The Bertz CT molecular complexity index is 1520. The highest BCUT2D eigenvalue weighted by molar-refractivity contribution is 7.59. The van der Waals surface area contributed by atoms with Gasteiger partial charge < -0.3 is 15.2 Å². The molecule has 0 aliphatic carbocycles. The zero-order valence-corrected chi connectivity index (χ0v) is 26.9. The number of carbonyl (C=O) groups excluding carboxylic acids is 4. The van der Waals surface area contributed by atoms with Gasteiger partial charge in [-0.25, -0.2) is 0 Å². The van der Waals surface area contributed by atoms with Crippen molar-refractivity contribution in [2.45, 2.75) is 53.5 Å². The third kappa shape index (κ3) is 8.08. The van der Waals surface area contributed by atoms with Crippen LogP contribution in [0.15, 0.2) is 24.3 Å². The number of hydrogen-bond donors (Lipinski definition) is 2. The van der Waals surface area contributed by atoms with Gasteiger partial charge in [0.1, 0.15) is 12.3 Å². The second-order valence-electron chi connectivity index (χ2n) is 11.8. The Balaban J connectivity index is 2.04. The van der Waals surface area contributed by atoms with E-state index in [9.17, 15) is 44.0 Å². The molecular weight excluding hydrogens is 609 g/mol. The van der Waals surface area contributed by atoms with E-state index in [-0.39, 0.29) is 52.9 Å². The van der Waals surface area contributed by atoms with E-state index in [0.29, 0.717) is 11.3 Å². The van der Waals surface area contributed by atoms with Gasteiger partial charge in [-0.2, -0.15) is 0 Å². The van der Waals surface area contributed by atoms with E-state index in [0.717, 1.165) is 24.3 Å². The van der Waals surface area contributed by atoms with Gasteiger partial charge in [0.05, 0.1) is 27.6 Å². The monoisotopic (exact) mass is 647 g/mol. The zero-order chi connectivity index (χ0) is 33.8. The molecule has 1 heterocycles. The van der Waals surface area contributed by atoms with Crippen LogP contribution in [0.5, 0.6) is 0 Å². The number of imide groups is 1. The minimum absolute atomic E-state index is 0.00569. The molecule has 16 heteroatoms. The first kappa shape index (κ1) is 35.3. The van der Waals surface area contributed by atoms with Crippen LogP contribution in [0.2, 0.25) is 0 Å². The largest absolute Gasteiger partial charge is 0.357 e. The Labute approximate surface area is 259 Å². The predicted octanol–water partition coefficient (Wildman–Crippen LogP) is 4.46. The summed E-state index contributed by atoms with van der Waals surface area (Å²) >= 11 is 0.